The lowest BCUT2D eigenvalue weighted by Gasteiger charge is -2.18. The highest BCUT2D eigenvalue weighted by atomic mass is 127. The Morgan fingerprint density at radius 2 is 2.12 bits per heavy atom. The van der Waals surface area contributed by atoms with E-state index in [1.807, 2.05) is 32.2 Å². The maximum atomic E-state index is 6.01. The van der Waals surface area contributed by atoms with Gasteiger partial charge in [0, 0.05) is 38.4 Å². The van der Waals surface area contributed by atoms with E-state index < -0.39 is 0 Å². The first-order chi connectivity index (χ1) is 11.2. The van der Waals surface area contributed by atoms with Gasteiger partial charge in [-0.2, -0.15) is 0 Å². The molecule has 0 spiro atoms. The van der Waals surface area contributed by atoms with Crippen LogP contribution < -0.4 is 10.6 Å². The standard InChI is InChI=1S/C18H28ClN3O.HI/c1-3-23-12-10-18(8-9-18)14-22-17(20-2)21-11-7-15-5-4-6-16(19)13-15;/h4-6,13H,3,7-12,14H2,1-2H3,(H2,20,21,22);1H. The first-order valence-electron chi connectivity index (χ1n) is 8.44. The van der Waals surface area contributed by atoms with Gasteiger partial charge in [-0.1, -0.05) is 23.7 Å². The highest BCUT2D eigenvalue weighted by Crippen LogP contribution is 2.48. The molecule has 0 unspecified atom stereocenters. The molecule has 1 saturated carbocycles. The van der Waals surface area contributed by atoms with Crippen LogP contribution in [0.3, 0.4) is 0 Å². The summed E-state index contributed by atoms with van der Waals surface area (Å²) in [5, 5.41) is 7.61. The highest BCUT2D eigenvalue weighted by Gasteiger charge is 2.41. The fourth-order valence-electron chi connectivity index (χ4n) is 2.63. The number of hydrogen-bond acceptors (Lipinski definition) is 2. The SMILES string of the molecule is CCOCCC1(CNC(=NC)NCCc2cccc(Cl)c2)CC1.I. The summed E-state index contributed by atoms with van der Waals surface area (Å²) in [6.45, 7) is 5.52. The molecule has 0 saturated heterocycles. The van der Waals surface area contributed by atoms with Crippen molar-refractivity contribution in [3.05, 3.63) is 34.9 Å². The molecule has 0 amide bonds. The third kappa shape index (κ3) is 7.57. The van der Waals surface area contributed by atoms with Crippen LogP contribution in [0.1, 0.15) is 31.7 Å². The minimum atomic E-state index is 0. The molecular formula is C18H29ClIN3O. The molecule has 6 heteroatoms. The molecule has 0 heterocycles. The lowest BCUT2D eigenvalue weighted by atomic mass is 10.0. The van der Waals surface area contributed by atoms with Gasteiger partial charge in [0.15, 0.2) is 5.96 Å². The molecule has 1 aromatic rings. The molecule has 0 aromatic heterocycles. The molecule has 0 aliphatic heterocycles. The van der Waals surface area contributed by atoms with Crippen LogP contribution in [0.2, 0.25) is 5.02 Å². The second-order valence-electron chi connectivity index (χ2n) is 6.18. The Balaban J connectivity index is 0.00000288. The summed E-state index contributed by atoms with van der Waals surface area (Å²) in [7, 11) is 1.81. The van der Waals surface area contributed by atoms with Crippen molar-refractivity contribution in [2.45, 2.75) is 32.6 Å². The van der Waals surface area contributed by atoms with E-state index in [0.717, 1.165) is 50.1 Å². The molecule has 1 aliphatic carbocycles. The summed E-state index contributed by atoms with van der Waals surface area (Å²) < 4.78 is 5.48. The first kappa shape index (κ1) is 21.5. The third-order valence-electron chi connectivity index (χ3n) is 4.39. The van der Waals surface area contributed by atoms with Gasteiger partial charge >= 0.3 is 0 Å². The van der Waals surface area contributed by atoms with Crippen LogP contribution in [0.25, 0.3) is 0 Å². The normalized spacial score (nSPS) is 15.5. The lowest BCUT2D eigenvalue weighted by Crippen LogP contribution is -2.41. The Labute approximate surface area is 167 Å². The molecule has 1 aromatic carbocycles. The van der Waals surface area contributed by atoms with Crippen LogP contribution in [0, 0.1) is 5.41 Å². The third-order valence-corrected chi connectivity index (χ3v) is 4.62. The fourth-order valence-corrected chi connectivity index (χ4v) is 2.85. The number of guanidine groups is 1. The molecule has 1 aliphatic rings. The van der Waals surface area contributed by atoms with Gasteiger partial charge in [0.25, 0.3) is 0 Å². The number of rotatable bonds is 9. The molecule has 2 rings (SSSR count). The minimum absolute atomic E-state index is 0. The maximum Gasteiger partial charge on any atom is 0.191 e. The topological polar surface area (TPSA) is 45.6 Å². The largest absolute Gasteiger partial charge is 0.382 e. The number of hydrogen-bond donors (Lipinski definition) is 2. The number of benzene rings is 1. The van der Waals surface area contributed by atoms with Crippen molar-refractivity contribution in [3.8, 4) is 0 Å². The Morgan fingerprint density at radius 3 is 2.75 bits per heavy atom. The van der Waals surface area contributed by atoms with Crippen molar-refractivity contribution in [1.29, 1.82) is 0 Å². The zero-order valence-corrected chi connectivity index (χ0v) is 17.7. The van der Waals surface area contributed by atoms with Gasteiger partial charge in [0.05, 0.1) is 0 Å². The molecule has 2 N–H and O–H groups in total. The van der Waals surface area contributed by atoms with E-state index in [-0.39, 0.29) is 24.0 Å². The van der Waals surface area contributed by atoms with Crippen molar-refractivity contribution >= 4 is 41.5 Å². The van der Waals surface area contributed by atoms with Crippen LogP contribution >= 0.6 is 35.6 Å². The quantitative estimate of drug-likeness (QED) is 0.252. The van der Waals surface area contributed by atoms with Crippen molar-refractivity contribution < 1.29 is 4.74 Å². The van der Waals surface area contributed by atoms with Gasteiger partial charge in [-0.05, 0) is 55.7 Å². The molecular weight excluding hydrogens is 437 g/mol. The van der Waals surface area contributed by atoms with E-state index in [4.69, 9.17) is 16.3 Å². The van der Waals surface area contributed by atoms with Gasteiger partial charge in [-0.3, -0.25) is 4.99 Å². The van der Waals surface area contributed by atoms with Crippen molar-refractivity contribution in [1.82, 2.24) is 10.6 Å². The van der Waals surface area contributed by atoms with E-state index in [2.05, 4.69) is 21.7 Å². The van der Waals surface area contributed by atoms with E-state index in [1.165, 1.54) is 18.4 Å². The average Bonchev–Trinajstić information content (AvgIpc) is 3.31. The van der Waals surface area contributed by atoms with E-state index in [0.29, 0.717) is 5.41 Å². The Hall–Kier alpha value is -0.530. The van der Waals surface area contributed by atoms with Gasteiger partial charge in [-0.25, -0.2) is 0 Å². The van der Waals surface area contributed by atoms with Crippen molar-refractivity contribution in [3.63, 3.8) is 0 Å². The zero-order chi connectivity index (χ0) is 16.5. The summed E-state index contributed by atoms with van der Waals surface area (Å²) in [4.78, 5) is 4.30. The maximum absolute atomic E-state index is 6.01. The number of nitrogens with one attached hydrogen (secondary N) is 2. The zero-order valence-electron chi connectivity index (χ0n) is 14.6. The van der Waals surface area contributed by atoms with E-state index >= 15 is 0 Å². The minimum Gasteiger partial charge on any atom is -0.382 e. The summed E-state index contributed by atoms with van der Waals surface area (Å²) in [6, 6.07) is 7.99. The van der Waals surface area contributed by atoms with Gasteiger partial charge in [0.2, 0.25) is 0 Å². The average molecular weight is 466 g/mol. The van der Waals surface area contributed by atoms with Gasteiger partial charge < -0.3 is 15.4 Å². The smallest absolute Gasteiger partial charge is 0.191 e. The molecule has 0 atom stereocenters. The second-order valence-corrected chi connectivity index (χ2v) is 6.62. The molecule has 24 heavy (non-hydrogen) atoms. The monoisotopic (exact) mass is 465 g/mol. The number of halogens is 2. The van der Waals surface area contributed by atoms with Crippen LogP contribution in [0.15, 0.2) is 29.3 Å². The molecule has 1 fully saturated rings. The van der Waals surface area contributed by atoms with Crippen LogP contribution in [0.4, 0.5) is 0 Å². The second kappa shape index (κ2) is 11.2. The molecule has 0 bridgehead atoms. The molecule has 4 nitrogen and oxygen atoms in total. The van der Waals surface area contributed by atoms with Gasteiger partial charge in [0.1, 0.15) is 0 Å². The Bertz CT molecular complexity index is 521. The van der Waals surface area contributed by atoms with E-state index in [9.17, 15) is 0 Å². The summed E-state index contributed by atoms with van der Waals surface area (Å²) in [6.07, 6.45) is 4.63. The number of ether oxygens (including phenoxy) is 1. The first-order valence-corrected chi connectivity index (χ1v) is 8.82. The Kier molecular flexibility index (Phi) is 10.0. The predicted octanol–water partition coefficient (Wildman–Crippen LogP) is 3.87. The van der Waals surface area contributed by atoms with Crippen molar-refractivity contribution in [2.24, 2.45) is 10.4 Å². The predicted molar refractivity (Wildman–Crippen MR) is 113 cm³/mol. The van der Waals surface area contributed by atoms with Crippen LogP contribution in [0.5, 0.6) is 0 Å². The van der Waals surface area contributed by atoms with Crippen LogP contribution in [-0.2, 0) is 11.2 Å². The van der Waals surface area contributed by atoms with E-state index in [1.54, 1.807) is 0 Å². The molecule has 136 valence electrons. The molecule has 0 radical (unpaired) electrons. The summed E-state index contributed by atoms with van der Waals surface area (Å²) >= 11 is 6.01. The summed E-state index contributed by atoms with van der Waals surface area (Å²) in [5.41, 5.74) is 1.65. The lowest BCUT2D eigenvalue weighted by molar-refractivity contribution is 0.128. The fraction of sp³-hybridized carbons (Fsp3) is 0.611. The van der Waals surface area contributed by atoms with Crippen LogP contribution in [-0.4, -0.2) is 39.3 Å². The van der Waals surface area contributed by atoms with Crippen molar-refractivity contribution in [2.75, 3.05) is 33.4 Å². The Morgan fingerprint density at radius 1 is 1.33 bits per heavy atom. The summed E-state index contributed by atoms with van der Waals surface area (Å²) in [5.74, 6) is 0.870. The highest BCUT2D eigenvalue weighted by molar-refractivity contribution is 14.0. The number of aliphatic imine (C=N–C) groups is 1. The number of nitrogens with zero attached hydrogens (tertiary/aromatic N) is 1. The van der Waals surface area contributed by atoms with Gasteiger partial charge in [-0.15, -0.1) is 24.0 Å².